The number of benzene rings is 15. The van der Waals surface area contributed by atoms with Crippen LogP contribution >= 0.6 is 0 Å². The van der Waals surface area contributed by atoms with Crippen LogP contribution < -0.4 is 30.6 Å². The van der Waals surface area contributed by atoms with Gasteiger partial charge in [-0.25, -0.2) is 0 Å². The van der Waals surface area contributed by atoms with Crippen LogP contribution in [0.1, 0.15) is 33.4 Å². The topological polar surface area (TPSA) is 253 Å². The second-order valence-corrected chi connectivity index (χ2v) is 22.2. The summed E-state index contributed by atoms with van der Waals surface area (Å²) in [7, 11) is 2.00. The molecule has 2 radical (unpaired) electrons. The number of aliphatic hydroxyl groups is 2. The molecule has 0 heterocycles. The van der Waals surface area contributed by atoms with E-state index in [0.29, 0.717) is 67.5 Å². The first kappa shape index (κ1) is 75.5. The van der Waals surface area contributed by atoms with Crippen LogP contribution in [-0.4, -0.2) is 61.7 Å². The summed E-state index contributed by atoms with van der Waals surface area (Å²) in [4.78, 5) is 27.4. The third-order valence-corrected chi connectivity index (χ3v) is 16.2. The van der Waals surface area contributed by atoms with E-state index in [9.17, 15) is 30.6 Å². The summed E-state index contributed by atoms with van der Waals surface area (Å²) in [5.41, 5.74) is 6.93. The second-order valence-electron chi connectivity index (χ2n) is 22.2. The zero-order valence-corrected chi connectivity index (χ0v) is 61.6. The molecule has 0 aliphatic heterocycles. The summed E-state index contributed by atoms with van der Waals surface area (Å²) in [5.74, 6) is -0.499. The van der Waals surface area contributed by atoms with Crippen molar-refractivity contribution in [3.63, 3.8) is 0 Å². The first-order valence-electron chi connectivity index (χ1n) is 31.7. The van der Waals surface area contributed by atoms with Gasteiger partial charge in [-0.1, -0.05) is 289 Å². The zero-order valence-electron chi connectivity index (χ0n) is 55.2. The molecule has 16 heteroatoms. The average molecular weight is 1600 g/mol. The molecule has 492 valence electrons. The summed E-state index contributed by atoms with van der Waals surface area (Å²) < 4.78 is 0. The molecule has 0 saturated carbocycles. The fraction of sp³-hybridized carbons (Fsp3) is 0.0233. The van der Waals surface area contributed by atoms with E-state index in [2.05, 4.69) is 30.0 Å². The monoisotopic (exact) mass is 1590 g/mol. The van der Waals surface area contributed by atoms with Crippen molar-refractivity contribution in [1.29, 1.82) is 0 Å². The van der Waals surface area contributed by atoms with Gasteiger partial charge in [-0.3, -0.25) is 30.0 Å². The summed E-state index contributed by atoms with van der Waals surface area (Å²) >= 11 is 0. The van der Waals surface area contributed by atoms with Crippen LogP contribution in [0.3, 0.4) is 0 Å². The molecule has 0 aliphatic rings. The largest absolute Gasteiger partial charge is 3.00 e. The van der Waals surface area contributed by atoms with Crippen LogP contribution in [0, 0.1) is 81.7 Å². The van der Waals surface area contributed by atoms with E-state index in [1.807, 2.05) is 255 Å². The molecule has 15 aromatic rings. The second kappa shape index (κ2) is 37.1. The van der Waals surface area contributed by atoms with Gasteiger partial charge in [0, 0.05) is 51.5 Å². The van der Waals surface area contributed by atoms with Gasteiger partial charge in [0.05, 0.1) is 34.1 Å². The Morgan fingerprint density at radius 2 is 0.314 bits per heavy atom. The smallest absolute Gasteiger partial charge is 0.872 e. The standard InChI is InChI=1S/3C28H20N2O2.2CH4O.2Nd/c3*31-27-15-13-19-7-1-3-9-21(19)23(27)17-29-25-11-5-6-12-26(25)30-18-24-22-10-4-2-8-20(22)14-16-28(24)32;2*1-2;;/h3*1-18,31-32H;2*2H,1H3;;/q;;;;;2*+3/p-6. The van der Waals surface area contributed by atoms with Crippen molar-refractivity contribution in [2.24, 2.45) is 30.0 Å². The fourth-order valence-corrected chi connectivity index (χ4v) is 11.3. The van der Waals surface area contributed by atoms with E-state index in [0.717, 1.165) is 78.9 Å². The molecule has 15 aromatic carbocycles. The van der Waals surface area contributed by atoms with Gasteiger partial charge in [-0.05, 0) is 134 Å². The Morgan fingerprint density at radius 1 is 0.186 bits per heavy atom. The molecular weight excluding hydrogens is 1530 g/mol. The molecule has 0 aromatic heterocycles. The van der Waals surface area contributed by atoms with Gasteiger partial charge in [0.1, 0.15) is 0 Å². The Kier molecular flexibility index (Phi) is 27.5. The first-order chi connectivity index (χ1) is 49.1. The Balaban J connectivity index is 0.000000172. The quantitative estimate of drug-likeness (QED) is 0.111. The predicted molar refractivity (Wildman–Crippen MR) is 399 cm³/mol. The van der Waals surface area contributed by atoms with Crippen molar-refractivity contribution >= 4 is 136 Å². The molecule has 0 bridgehead atoms. The molecule has 14 nitrogen and oxygen atoms in total. The van der Waals surface area contributed by atoms with Crippen LogP contribution in [-0.2, 0) is 0 Å². The van der Waals surface area contributed by atoms with Gasteiger partial charge < -0.3 is 40.9 Å². The van der Waals surface area contributed by atoms with E-state index in [4.69, 9.17) is 10.2 Å². The van der Waals surface area contributed by atoms with Crippen LogP contribution in [0.25, 0.3) is 64.6 Å². The van der Waals surface area contributed by atoms with Crippen molar-refractivity contribution in [1.82, 2.24) is 0 Å². The van der Waals surface area contributed by atoms with Crippen molar-refractivity contribution in [3.05, 3.63) is 325 Å². The van der Waals surface area contributed by atoms with Crippen molar-refractivity contribution in [2.75, 3.05) is 14.2 Å². The first-order valence-corrected chi connectivity index (χ1v) is 31.7. The maximum atomic E-state index is 12.5. The maximum absolute atomic E-state index is 12.5. The number of aliphatic imine (C=N–C) groups is 6. The van der Waals surface area contributed by atoms with Gasteiger partial charge in [0.2, 0.25) is 0 Å². The number of rotatable bonds is 12. The number of hydrogen-bond acceptors (Lipinski definition) is 14. The van der Waals surface area contributed by atoms with E-state index in [1.54, 1.807) is 73.7 Å². The van der Waals surface area contributed by atoms with Gasteiger partial charge in [-0.2, -0.15) is 0 Å². The molecule has 0 unspecified atom stereocenters. The molecule has 0 saturated heterocycles. The Morgan fingerprint density at radius 3 is 0.461 bits per heavy atom. The predicted octanol–water partition coefficient (Wildman–Crippen LogP) is 16.1. The maximum Gasteiger partial charge on any atom is 3.00 e. The van der Waals surface area contributed by atoms with Crippen molar-refractivity contribution in [3.8, 4) is 34.5 Å². The van der Waals surface area contributed by atoms with Crippen LogP contribution in [0.5, 0.6) is 34.5 Å². The zero-order chi connectivity index (χ0) is 69.7. The molecular formula is C86H62N6Nd2O8. The average Bonchev–Trinajstić information content (AvgIpc) is 0.834. The van der Waals surface area contributed by atoms with Crippen LogP contribution in [0.4, 0.5) is 34.1 Å². The molecule has 0 atom stereocenters. The van der Waals surface area contributed by atoms with Gasteiger partial charge in [0.15, 0.2) is 0 Å². The number of hydrogen-bond donors (Lipinski definition) is 2. The van der Waals surface area contributed by atoms with Crippen LogP contribution in [0.2, 0.25) is 0 Å². The Labute approximate surface area is 655 Å². The Bertz CT molecular complexity index is 4730. The number of aliphatic hydroxyl groups excluding tert-OH is 2. The van der Waals surface area contributed by atoms with E-state index in [-0.39, 0.29) is 116 Å². The SMILES string of the molecule is CO.CO.[Nd+3].[Nd+3].[O-]c1ccc2ccccc2c1C=Nc1ccccc1N=Cc1c([O-])ccc2ccccc12.[O-]c1ccc2ccccc2c1C=Nc1ccccc1N=Cc1c([O-])ccc2ccccc12.[O-]c1ccc2ccccc2c1C=Nc1ccccc1N=Cc1c([O-])ccc2ccccc12. The molecule has 15 rings (SSSR count). The Hall–Kier alpha value is -10.7. The van der Waals surface area contributed by atoms with Gasteiger partial charge >= 0.3 is 81.7 Å². The fourth-order valence-electron chi connectivity index (χ4n) is 11.3. The molecule has 0 spiro atoms. The molecule has 2 N–H and O–H groups in total. The van der Waals surface area contributed by atoms with E-state index < -0.39 is 0 Å². The van der Waals surface area contributed by atoms with E-state index in [1.165, 1.54) is 0 Å². The third kappa shape index (κ3) is 18.1. The summed E-state index contributed by atoms with van der Waals surface area (Å²) in [6.45, 7) is 0. The number of nitrogens with zero attached hydrogens (tertiary/aromatic N) is 6. The number of para-hydroxylation sites is 6. The summed E-state index contributed by atoms with van der Waals surface area (Å²) in [6, 6.07) is 88.8. The minimum atomic E-state index is -0.0832. The summed E-state index contributed by atoms with van der Waals surface area (Å²) in [5, 5.41) is 99.8. The van der Waals surface area contributed by atoms with Crippen molar-refractivity contribution in [2.45, 2.75) is 0 Å². The molecule has 0 fully saturated rings. The molecule has 0 amide bonds. The van der Waals surface area contributed by atoms with E-state index >= 15 is 0 Å². The number of fused-ring (bicyclic) bond motifs is 6. The molecule has 102 heavy (non-hydrogen) atoms. The third-order valence-electron chi connectivity index (χ3n) is 16.2. The van der Waals surface area contributed by atoms with Crippen LogP contribution in [0.15, 0.2) is 321 Å². The van der Waals surface area contributed by atoms with Crippen molar-refractivity contribution < 1.29 is 123 Å². The van der Waals surface area contributed by atoms with Gasteiger partial charge in [-0.15, -0.1) is 0 Å². The minimum Gasteiger partial charge on any atom is -0.872 e. The normalized spacial score (nSPS) is 11.2. The van der Waals surface area contributed by atoms with Gasteiger partial charge in [0.25, 0.3) is 0 Å². The summed E-state index contributed by atoms with van der Waals surface area (Å²) in [6.07, 6.45) is 9.56. The minimum absolute atomic E-state index is 0. The molecule has 0 aliphatic carbocycles.